The van der Waals surface area contributed by atoms with Crippen LogP contribution in [0.15, 0.2) is 18.2 Å². The molecule has 5 nitrogen and oxygen atoms in total. The van der Waals surface area contributed by atoms with Gasteiger partial charge >= 0.3 is 0 Å². The van der Waals surface area contributed by atoms with E-state index in [9.17, 15) is 9.59 Å². The first kappa shape index (κ1) is 19.2. The molecule has 0 aromatic heterocycles. The number of quaternary nitrogens is 1. The lowest BCUT2D eigenvalue weighted by Crippen LogP contribution is -3.15. The molecule has 1 aliphatic carbocycles. The second-order valence-corrected chi connectivity index (χ2v) is 8.12. The Morgan fingerprint density at radius 2 is 1.92 bits per heavy atom. The summed E-state index contributed by atoms with van der Waals surface area (Å²) in [6, 6.07) is 5.38. The molecule has 26 heavy (non-hydrogen) atoms. The number of likely N-dealkylation sites (tertiary alicyclic amines) is 1. The maximum atomic E-state index is 12.2. The smallest absolute Gasteiger partial charge is 0.275 e. The van der Waals surface area contributed by atoms with E-state index >= 15 is 0 Å². The zero-order valence-corrected chi connectivity index (χ0v) is 16.2. The maximum Gasteiger partial charge on any atom is 0.275 e. The van der Waals surface area contributed by atoms with E-state index in [1.54, 1.807) is 18.2 Å². The van der Waals surface area contributed by atoms with Gasteiger partial charge in [0.05, 0.1) is 19.6 Å². The zero-order chi connectivity index (χ0) is 18.5. The van der Waals surface area contributed by atoms with Gasteiger partial charge in [-0.15, -0.1) is 0 Å². The summed E-state index contributed by atoms with van der Waals surface area (Å²) < 4.78 is 0. The Kier molecular flexibility index (Phi) is 6.54. The number of hydrogen-bond donors (Lipinski definition) is 3. The van der Waals surface area contributed by atoms with Crippen LogP contribution in [-0.2, 0) is 9.59 Å². The van der Waals surface area contributed by atoms with E-state index < -0.39 is 0 Å². The highest BCUT2D eigenvalue weighted by molar-refractivity contribution is 6.31. The Bertz CT molecular complexity index is 664. The third-order valence-corrected chi connectivity index (χ3v) is 6.29. The summed E-state index contributed by atoms with van der Waals surface area (Å²) in [7, 11) is 0. The average Bonchev–Trinajstić information content (AvgIpc) is 2.64. The third kappa shape index (κ3) is 4.98. The molecule has 3 atom stereocenters. The maximum absolute atomic E-state index is 12.2. The number of fused-ring (bicyclic) bond motifs is 1. The minimum atomic E-state index is -0.232. The lowest BCUT2D eigenvalue weighted by molar-refractivity contribution is -0.902. The highest BCUT2D eigenvalue weighted by Crippen LogP contribution is 2.32. The van der Waals surface area contributed by atoms with Gasteiger partial charge in [-0.05, 0) is 49.8 Å². The number of rotatable bonds is 5. The van der Waals surface area contributed by atoms with E-state index in [4.69, 9.17) is 11.6 Å². The number of halogens is 1. The lowest BCUT2D eigenvalue weighted by Gasteiger charge is -2.38. The summed E-state index contributed by atoms with van der Waals surface area (Å²) in [6.07, 6.45) is 6.63. The molecule has 0 bridgehead atoms. The SMILES string of the molecule is Cc1c(Cl)cccc1NC(=O)CNC(=O)C[NH+]1CC[C@@H]2CCCC[C@@H]2C1. The summed E-state index contributed by atoms with van der Waals surface area (Å²) in [4.78, 5) is 25.7. The third-order valence-electron chi connectivity index (χ3n) is 5.88. The first-order valence-electron chi connectivity index (χ1n) is 9.68. The van der Waals surface area contributed by atoms with Gasteiger partial charge in [-0.2, -0.15) is 0 Å². The second-order valence-electron chi connectivity index (χ2n) is 7.71. The topological polar surface area (TPSA) is 62.6 Å². The molecule has 0 spiro atoms. The molecule has 1 saturated heterocycles. The summed E-state index contributed by atoms with van der Waals surface area (Å²) in [5.74, 6) is 1.38. The van der Waals surface area contributed by atoms with Crippen LogP contribution in [0.25, 0.3) is 0 Å². The lowest BCUT2D eigenvalue weighted by atomic mass is 9.75. The highest BCUT2D eigenvalue weighted by Gasteiger charge is 2.34. The summed E-state index contributed by atoms with van der Waals surface area (Å²) in [6.45, 7) is 4.49. The van der Waals surface area contributed by atoms with Crippen LogP contribution in [0.3, 0.4) is 0 Å². The molecule has 1 aromatic rings. The van der Waals surface area contributed by atoms with Crippen molar-refractivity contribution in [2.75, 3.05) is 31.5 Å². The van der Waals surface area contributed by atoms with Gasteiger partial charge in [0, 0.05) is 16.6 Å². The minimum Gasteiger partial charge on any atom is -0.342 e. The number of nitrogens with one attached hydrogen (secondary N) is 3. The van der Waals surface area contributed by atoms with Gasteiger partial charge in [-0.3, -0.25) is 9.59 Å². The van der Waals surface area contributed by atoms with Crippen molar-refractivity contribution in [1.82, 2.24) is 5.32 Å². The molecule has 2 fully saturated rings. The van der Waals surface area contributed by atoms with Crippen LogP contribution in [0.5, 0.6) is 0 Å². The number of anilines is 1. The predicted octanol–water partition coefficient (Wildman–Crippen LogP) is 1.80. The van der Waals surface area contributed by atoms with E-state index in [2.05, 4.69) is 10.6 Å². The van der Waals surface area contributed by atoms with Crippen LogP contribution in [0.4, 0.5) is 5.69 Å². The molecule has 6 heteroatoms. The Balaban J connectivity index is 1.41. The largest absolute Gasteiger partial charge is 0.342 e. The van der Waals surface area contributed by atoms with Crippen molar-refractivity contribution in [2.45, 2.75) is 39.0 Å². The molecule has 1 aliphatic heterocycles. The normalized spacial score (nSPS) is 25.2. The molecule has 1 saturated carbocycles. The van der Waals surface area contributed by atoms with Gasteiger partial charge in [-0.1, -0.05) is 30.5 Å². The van der Waals surface area contributed by atoms with E-state index in [0.29, 0.717) is 17.3 Å². The number of amides is 2. The Morgan fingerprint density at radius 1 is 1.15 bits per heavy atom. The predicted molar refractivity (Wildman–Crippen MR) is 103 cm³/mol. The fraction of sp³-hybridized carbons (Fsp3) is 0.600. The van der Waals surface area contributed by atoms with Crippen LogP contribution in [0.1, 0.15) is 37.7 Å². The fourth-order valence-corrected chi connectivity index (χ4v) is 4.54. The number of piperidine rings is 1. The molecule has 2 aliphatic rings. The van der Waals surface area contributed by atoms with E-state index in [0.717, 1.165) is 30.5 Å². The van der Waals surface area contributed by atoms with Gasteiger partial charge in [-0.25, -0.2) is 0 Å². The molecule has 1 heterocycles. The number of carbonyl (C=O) groups excluding carboxylic acids is 2. The molecule has 142 valence electrons. The zero-order valence-electron chi connectivity index (χ0n) is 15.4. The van der Waals surface area contributed by atoms with Crippen molar-refractivity contribution in [3.8, 4) is 0 Å². The Morgan fingerprint density at radius 3 is 2.73 bits per heavy atom. The van der Waals surface area contributed by atoms with E-state index in [1.807, 2.05) is 6.92 Å². The quantitative estimate of drug-likeness (QED) is 0.731. The van der Waals surface area contributed by atoms with Gasteiger partial charge in [0.25, 0.3) is 5.91 Å². The van der Waals surface area contributed by atoms with Gasteiger partial charge in [0.15, 0.2) is 6.54 Å². The van der Waals surface area contributed by atoms with Crippen molar-refractivity contribution in [3.63, 3.8) is 0 Å². The van der Waals surface area contributed by atoms with E-state index in [1.165, 1.54) is 37.0 Å². The van der Waals surface area contributed by atoms with Gasteiger partial charge in [0.1, 0.15) is 0 Å². The highest BCUT2D eigenvalue weighted by atomic mass is 35.5. The average molecular weight is 379 g/mol. The number of carbonyl (C=O) groups is 2. The molecular formula is C20H29ClN3O2+. The molecule has 1 aromatic carbocycles. The molecule has 3 N–H and O–H groups in total. The fourth-order valence-electron chi connectivity index (χ4n) is 4.36. The van der Waals surface area contributed by atoms with Crippen molar-refractivity contribution in [1.29, 1.82) is 0 Å². The monoisotopic (exact) mass is 378 g/mol. The number of benzene rings is 1. The van der Waals surface area contributed by atoms with Crippen LogP contribution in [0.2, 0.25) is 5.02 Å². The van der Waals surface area contributed by atoms with Crippen LogP contribution in [0, 0.1) is 18.8 Å². The summed E-state index contributed by atoms with van der Waals surface area (Å²) in [5.41, 5.74) is 1.51. The first-order valence-corrected chi connectivity index (χ1v) is 10.1. The van der Waals surface area contributed by atoms with Crippen LogP contribution in [-0.4, -0.2) is 38.0 Å². The van der Waals surface area contributed by atoms with Gasteiger partial charge < -0.3 is 15.5 Å². The van der Waals surface area contributed by atoms with Crippen LogP contribution >= 0.6 is 11.6 Å². The minimum absolute atomic E-state index is 0.00980. The Labute approximate surface area is 160 Å². The summed E-state index contributed by atoms with van der Waals surface area (Å²) >= 11 is 6.06. The number of hydrogen-bond acceptors (Lipinski definition) is 2. The Hall–Kier alpha value is -1.59. The van der Waals surface area contributed by atoms with Crippen molar-refractivity contribution in [3.05, 3.63) is 28.8 Å². The standard InChI is InChI=1S/C20H28ClN3O2/c1-14-17(21)7-4-8-18(14)23-19(25)11-22-20(26)13-24-10-9-15-5-2-3-6-16(15)12-24/h4,7-8,15-16H,2-3,5-6,9-13H2,1H3,(H,22,26)(H,23,25)/p+1/t15-,16+/m0/s1. The van der Waals surface area contributed by atoms with Crippen molar-refractivity contribution >= 4 is 29.1 Å². The van der Waals surface area contributed by atoms with Crippen molar-refractivity contribution < 1.29 is 14.5 Å². The molecule has 1 unspecified atom stereocenters. The molecule has 2 amide bonds. The second kappa shape index (κ2) is 8.87. The van der Waals surface area contributed by atoms with Gasteiger partial charge in [0.2, 0.25) is 5.91 Å². The first-order chi connectivity index (χ1) is 12.5. The molecule has 3 rings (SSSR count). The summed E-state index contributed by atoms with van der Waals surface area (Å²) in [5, 5.41) is 6.17. The molecular weight excluding hydrogens is 350 g/mol. The van der Waals surface area contributed by atoms with Crippen molar-refractivity contribution in [2.24, 2.45) is 11.8 Å². The van der Waals surface area contributed by atoms with E-state index in [-0.39, 0.29) is 18.4 Å². The molecule has 0 radical (unpaired) electrons. The van der Waals surface area contributed by atoms with Crippen LogP contribution < -0.4 is 15.5 Å².